The number of rotatable bonds is 8. The van der Waals surface area contributed by atoms with Crippen molar-refractivity contribution in [1.29, 1.82) is 5.41 Å². The molecule has 0 fully saturated rings. The van der Waals surface area contributed by atoms with E-state index in [0.717, 1.165) is 12.8 Å². The van der Waals surface area contributed by atoms with Crippen LogP contribution in [-0.2, 0) is 10.1 Å². The highest BCUT2D eigenvalue weighted by Gasteiger charge is 2.17. The van der Waals surface area contributed by atoms with Crippen LogP contribution in [0.15, 0.2) is 22.1 Å². The summed E-state index contributed by atoms with van der Waals surface area (Å²) in [6.07, 6.45) is 6.53. The van der Waals surface area contributed by atoms with E-state index in [1.165, 1.54) is 31.9 Å². The highest BCUT2D eigenvalue weighted by Crippen LogP contribution is 2.30. The molecule has 0 aliphatic rings. The predicted molar refractivity (Wildman–Crippen MR) is 114 cm³/mol. The first-order valence-electron chi connectivity index (χ1n) is 9.38. The first kappa shape index (κ1) is 25.9. The molecule has 8 nitrogen and oxygen atoms in total. The second-order valence-electron chi connectivity index (χ2n) is 6.92. The van der Waals surface area contributed by atoms with Crippen molar-refractivity contribution in [1.82, 2.24) is 5.43 Å². The third-order valence-corrected chi connectivity index (χ3v) is 5.14. The van der Waals surface area contributed by atoms with Gasteiger partial charge >= 0.3 is 0 Å². The number of aryl methyl sites for hydroxylation is 1. The number of nitrogens with zero attached hydrogens (tertiary/aromatic N) is 1. The Labute approximate surface area is 168 Å². The van der Waals surface area contributed by atoms with Gasteiger partial charge in [-0.25, -0.2) is 5.43 Å². The van der Waals surface area contributed by atoms with E-state index >= 15 is 0 Å². The summed E-state index contributed by atoms with van der Waals surface area (Å²) >= 11 is 0. The topological polar surface area (TPSA) is 149 Å². The summed E-state index contributed by atoms with van der Waals surface area (Å²) in [5.41, 5.74) is 8.34. The Morgan fingerprint density at radius 1 is 1.36 bits per heavy atom. The first-order valence-corrected chi connectivity index (χ1v) is 10.8. The molecule has 160 valence electrons. The van der Waals surface area contributed by atoms with Crippen LogP contribution in [-0.4, -0.2) is 30.3 Å². The van der Waals surface area contributed by atoms with E-state index in [4.69, 9.17) is 15.7 Å². The monoisotopic (exact) mass is 414 g/mol. The van der Waals surface area contributed by atoms with E-state index in [9.17, 15) is 13.5 Å². The zero-order valence-electron chi connectivity index (χ0n) is 17.4. The highest BCUT2D eigenvalue weighted by atomic mass is 32.2. The van der Waals surface area contributed by atoms with Crippen LogP contribution >= 0.6 is 0 Å². The van der Waals surface area contributed by atoms with Gasteiger partial charge in [0.05, 0.1) is 4.90 Å². The summed E-state index contributed by atoms with van der Waals surface area (Å²) in [7, 11) is -4.22. The Balaban J connectivity index is 0.000000528. The van der Waals surface area contributed by atoms with E-state index in [-0.39, 0.29) is 22.5 Å². The van der Waals surface area contributed by atoms with Crippen molar-refractivity contribution in [2.75, 3.05) is 0 Å². The van der Waals surface area contributed by atoms with Crippen LogP contribution in [0.5, 0.6) is 5.75 Å². The van der Waals surface area contributed by atoms with Gasteiger partial charge in [0.15, 0.2) is 0 Å². The second-order valence-corrected chi connectivity index (χ2v) is 8.31. The molecule has 1 atom stereocenters. The Morgan fingerprint density at radius 3 is 2.39 bits per heavy atom. The van der Waals surface area contributed by atoms with E-state index in [1.807, 2.05) is 20.1 Å². The summed E-state index contributed by atoms with van der Waals surface area (Å²) in [5, 5.41) is 20.3. The maximum absolute atomic E-state index is 11.0. The Bertz CT molecular complexity index is 761. The smallest absolute Gasteiger partial charge is 0.294 e. The Hall–Kier alpha value is -2.13. The van der Waals surface area contributed by atoms with Crippen molar-refractivity contribution in [3.63, 3.8) is 0 Å². The number of hydrogen-bond donors (Lipinski definition) is 5. The van der Waals surface area contributed by atoms with Crippen molar-refractivity contribution < 1.29 is 18.1 Å². The first-order chi connectivity index (χ1) is 12.9. The number of unbranched alkanes of at least 4 members (excludes halogenated alkanes) is 1. The maximum Gasteiger partial charge on any atom is 0.294 e. The molecule has 0 heterocycles. The molecule has 1 unspecified atom stereocenters. The number of hydrogen-bond acceptors (Lipinski definition) is 5. The molecule has 0 bridgehead atoms. The predicted octanol–water partition coefficient (Wildman–Crippen LogP) is 3.74. The fraction of sp³-hybridized carbons (Fsp3) is 0.579. The van der Waals surface area contributed by atoms with Gasteiger partial charge in [0, 0.05) is 6.21 Å². The number of aromatic hydroxyl groups is 1. The number of guanidine groups is 1. The van der Waals surface area contributed by atoms with Crippen LogP contribution in [0, 0.1) is 18.3 Å². The van der Waals surface area contributed by atoms with Crippen LogP contribution in [0.1, 0.15) is 70.4 Å². The van der Waals surface area contributed by atoms with Crippen LogP contribution in [0.3, 0.4) is 0 Å². The fourth-order valence-electron chi connectivity index (χ4n) is 2.49. The van der Waals surface area contributed by atoms with E-state index in [1.54, 1.807) is 0 Å². The quantitative estimate of drug-likeness (QED) is 0.189. The summed E-state index contributed by atoms with van der Waals surface area (Å²) in [6.45, 7) is 9.50. The molecule has 0 aromatic heterocycles. The third kappa shape index (κ3) is 9.70. The van der Waals surface area contributed by atoms with Crippen molar-refractivity contribution in [3.8, 4) is 5.75 Å². The number of hydrazone groups is 1. The summed E-state index contributed by atoms with van der Waals surface area (Å²) in [4.78, 5) is -0.149. The molecule has 0 spiro atoms. The average Bonchev–Trinajstić information content (AvgIpc) is 2.56. The third-order valence-electron chi connectivity index (χ3n) is 4.15. The number of phenolic OH excluding ortho intramolecular Hbond substituents is 1. The van der Waals surface area contributed by atoms with E-state index in [2.05, 4.69) is 24.4 Å². The lowest BCUT2D eigenvalue weighted by Gasteiger charge is -2.11. The van der Waals surface area contributed by atoms with Crippen LogP contribution < -0.4 is 11.2 Å². The van der Waals surface area contributed by atoms with Crippen LogP contribution in [0.4, 0.5) is 0 Å². The molecular formula is C19H34N4O4S. The molecule has 1 rings (SSSR count). The van der Waals surface area contributed by atoms with Gasteiger partial charge in [0.2, 0.25) is 5.96 Å². The molecule has 0 aliphatic heterocycles. The fourth-order valence-corrected chi connectivity index (χ4v) is 3.23. The zero-order valence-corrected chi connectivity index (χ0v) is 18.2. The molecular weight excluding hydrogens is 380 g/mol. The number of benzene rings is 1. The molecule has 0 saturated carbocycles. The average molecular weight is 415 g/mol. The summed E-state index contributed by atoms with van der Waals surface area (Å²) in [6, 6.07) is 2.66. The largest absolute Gasteiger partial charge is 0.508 e. The SMILES string of the molecule is CCCCC(/C=N/NC(=N)N)CC.Cc1cc(O)c(C(C)C)cc1S(=O)(=O)O. The highest BCUT2D eigenvalue weighted by molar-refractivity contribution is 7.85. The molecule has 1 aromatic rings. The van der Waals surface area contributed by atoms with Gasteiger partial charge in [-0.05, 0) is 54.9 Å². The molecule has 9 heteroatoms. The molecule has 0 aliphatic carbocycles. The lowest BCUT2D eigenvalue weighted by atomic mass is 10.0. The maximum atomic E-state index is 11.0. The number of nitrogens with two attached hydrogens (primary N) is 1. The minimum atomic E-state index is -4.22. The molecule has 6 N–H and O–H groups in total. The molecule has 0 amide bonds. The summed E-state index contributed by atoms with van der Waals surface area (Å²) in [5.74, 6) is 0.439. The van der Waals surface area contributed by atoms with Crippen LogP contribution in [0.2, 0.25) is 0 Å². The minimum absolute atomic E-state index is 0.00824. The second kappa shape index (κ2) is 12.4. The minimum Gasteiger partial charge on any atom is -0.508 e. The van der Waals surface area contributed by atoms with Gasteiger partial charge in [0.25, 0.3) is 10.1 Å². The van der Waals surface area contributed by atoms with Crippen LogP contribution in [0.25, 0.3) is 0 Å². The van der Waals surface area contributed by atoms with Gasteiger partial charge in [-0.1, -0.05) is 40.5 Å². The van der Waals surface area contributed by atoms with Crippen molar-refractivity contribution in [2.45, 2.75) is 71.1 Å². The Morgan fingerprint density at radius 2 is 1.96 bits per heavy atom. The van der Waals surface area contributed by atoms with Crippen molar-refractivity contribution in [2.24, 2.45) is 16.8 Å². The number of phenols is 1. The summed E-state index contributed by atoms with van der Waals surface area (Å²) < 4.78 is 31.0. The van der Waals surface area contributed by atoms with Crippen molar-refractivity contribution in [3.05, 3.63) is 23.3 Å². The normalized spacial score (nSPS) is 12.5. The van der Waals surface area contributed by atoms with E-state index < -0.39 is 10.1 Å². The molecule has 0 saturated heterocycles. The lowest BCUT2D eigenvalue weighted by Crippen LogP contribution is -2.25. The van der Waals surface area contributed by atoms with Gasteiger partial charge in [-0.2, -0.15) is 13.5 Å². The standard InChI is InChI=1S/C10H14O4S.C9H20N4/c1-6(2)8-5-10(15(12,13)14)7(3)4-9(8)11;1-3-5-6-8(4-2)7-12-13-9(10)11/h4-6,11H,1-3H3,(H,12,13,14);7-8H,3-6H2,1-2H3,(H4,10,11,13)/b;12-7+. The molecule has 0 radical (unpaired) electrons. The molecule has 1 aromatic carbocycles. The van der Waals surface area contributed by atoms with Gasteiger partial charge < -0.3 is 10.8 Å². The Kier molecular flexibility index (Phi) is 11.4. The van der Waals surface area contributed by atoms with Crippen molar-refractivity contribution >= 4 is 22.3 Å². The van der Waals surface area contributed by atoms with Gasteiger partial charge in [-0.15, -0.1) is 0 Å². The van der Waals surface area contributed by atoms with E-state index in [0.29, 0.717) is 17.0 Å². The molecule has 28 heavy (non-hydrogen) atoms. The lowest BCUT2D eigenvalue weighted by molar-refractivity contribution is 0.461. The van der Waals surface area contributed by atoms with Gasteiger partial charge in [0.1, 0.15) is 5.75 Å². The number of nitrogens with one attached hydrogen (secondary N) is 2. The van der Waals surface area contributed by atoms with Gasteiger partial charge in [-0.3, -0.25) is 9.96 Å². The zero-order chi connectivity index (χ0) is 21.9.